The second-order valence-corrected chi connectivity index (χ2v) is 4.51. The fraction of sp³-hybridized carbons (Fsp3) is 0.231. The number of pyridine rings is 2. The Labute approximate surface area is 123 Å². The number of nitrogens with zero attached hydrogens (tertiary/aromatic N) is 2. The predicted octanol–water partition coefficient (Wildman–Crippen LogP) is 3.77. The molecule has 0 fully saturated rings. The molecule has 1 N–H and O–H groups in total. The standard InChI is InChI=1S/C13H11ClF3N3O/c1-21-12-4-8(2-3-18-12)7-19-11-6-9(13(15,16)17)5-10(14)20-11/h2-6H,7H2,1H3,(H,19,20). The molecule has 0 radical (unpaired) electrons. The van der Waals surface area contributed by atoms with Gasteiger partial charge in [-0.25, -0.2) is 9.97 Å². The molecule has 0 saturated heterocycles. The second kappa shape index (κ2) is 6.17. The SMILES string of the molecule is COc1cc(CNc2cc(C(F)(F)F)cc(Cl)n2)ccn1. The number of hydrogen-bond donors (Lipinski definition) is 1. The maximum atomic E-state index is 12.7. The zero-order chi connectivity index (χ0) is 15.5. The lowest BCUT2D eigenvalue weighted by Gasteiger charge is -2.11. The largest absolute Gasteiger partial charge is 0.481 e. The van der Waals surface area contributed by atoms with Crippen LogP contribution in [0.2, 0.25) is 5.15 Å². The third-order valence-corrected chi connectivity index (χ3v) is 2.80. The minimum atomic E-state index is -4.47. The van der Waals surface area contributed by atoms with E-state index in [0.29, 0.717) is 5.88 Å². The van der Waals surface area contributed by atoms with Crippen molar-refractivity contribution in [3.63, 3.8) is 0 Å². The number of rotatable bonds is 4. The Morgan fingerprint density at radius 2 is 2.05 bits per heavy atom. The highest BCUT2D eigenvalue weighted by molar-refractivity contribution is 6.29. The number of aromatic nitrogens is 2. The summed E-state index contributed by atoms with van der Waals surface area (Å²) >= 11 is 5.60. The molecule has 112 valence electrons. The van der Waals surface area contributed by atoms with Crippen LogP contribution < -0.4 is 10.1 Å². The van der Waals surface area contributed by atoms with E-state index in [4.69, 9.17) is 16.3 Å². The summed E-state index contributed by atoms with van der Waals surface area (Å²) in [6, 6.07) is 5.07. The second-order valence-electron chi connectivity index (χ2n) is 4.12. The van der Waals surface area contributed by atoms with Gasteiger partial charge >= 0.3 is 6.18 Å². The molecule has 2 aromatic rings. The first-order valence-corrected chi connectivity index (χ1v) is 6.24. The van der Waals surface area contributed by atoms with Crippen molar-refractivity contribution in [2.75, 3.05) is 12.4 Å². The van der Waals surface area contributed by atoms with Gasteiger partial charge in [-0.3, -0.25) is 0 Å². The molecule has 2 aromatic heterocycles. The topological polar surface area (TPSA) is 47.0 Å². The summed E-state index contributed by atoms with van der Waals surface area (Å²) in [5.41, 5.74) is -0.0607. The lowest BCUT2D eigenvalue weighted by molar-refractivity contribution is -0.137. The smallest absolute Gasteiger partial charge is 0.416 e. The molecule has 0 aromatic carbocycles. The summed E-state index contributed by atoms with van der Waals surface area (Å²) in [5.74, 6) is 0.468. The maximum Gasteiger partial charge on any atom is 0.416 e. The summed E-state index contributed by atoms with van der Waals surface area (Å²) in [6.07, 6.45) is -2.93. The Kier molecular flexibility index (Phi) is 4.52. The average Bonchev–Trinajstić information content (AvgIpc) is 2.44. The molecular formula is C13H11ClF3N3O. The molecule has 0 atom stereocenters. The lowest BCUT2D eigenvalue weighted by atomic mass is 10.2. The molecule has 0 spiro atoms. The fourth-order valence-corrected chi connectivity index (χ4v) is 1.82. The first-order valence-electron chi connectivity index (χ1n) is 5.86. The van der Waals surface area contributed by atoms with Crippen LogP contribution in [0.5, 0.6) is 5.88 Å². The minimum absolute atomic E-state index is 0.0469. The Morgan fingerprint density at radius 3 is 2.71 bits per heavy atom. The van der Waals surface area contributed by atoms with Crippen LogP contribution in [0.25, 0.3) is 0 Å². The van der Waals surface area contributed by atoms with Gasteiger partial charge in [0.25, 0.3) is 0 Å². The van der Waals surface area contributed by atoms with E-state index in [0.717, 1.165) is 17.7 Å². The zero-order valence-electron chi connectivity index (χ0n) is 10.9. The number of alkyl halides is 3. The lowest BCUT2D eigenvalue weighted by Crippen LogP contribution is -2.08. The van der Waals surface area contributed by atoms with Gasteiger partial charge in [-0.1, -0.05) is 11.6 Å². The molecule has 0 amide bonds. The van der Waals surface area contributed by atoms with Gasteiger partial charge in [-0.2, -0.15) is 13.2 Å². The van der Waals surface area contributed by atoms with Crippen molar-refractivity contribution in [3.05, 3.63) is 46.7 Å². The van der Waals surface area contributed by atoms with Crippen molar-refractivity contribution >= 4 is 17.4 Å². The molecule has 4 nitrogen and oxygen atoms in total. The first-order chi connectivity index (χ1) is 9.88. The molecule has 0 aliphatic carbocycles. The van der Waals surface area contributed by atoms with Gasteiger partial charge in [0.1, 0.15) is 11.0 Å². The van der Waals surface area contributed by atoms with Crippen LogP contribution >= 0.6 is 11.6 Å². The molecule has 8 heteroatoms. The van der Waals surface area contributed by atoms with Crippen molar-refractivity contribution in [3.8, 4) is 5.88 Å². The van der Waals surface area contributed by atoms with Gasteiger partial charge in [0.15, 0.2) is 0 Å². The summed E-state index contributed by atoms with van der Waals surface area (Å²) in [7, 11) is 1.48. The van der Waals surface area contributed by atoms with E-state index < -0.39 is 11.7 Å². The average molecular weight is 318 g/mol. The van der Waals surface area contributed by atoms with E-state index in [2.05, 4.69) is 15.3 Å². The van der Waals surface area contributed by atoms with Crippen molar-refractivity contribution < 1.29 is 17.9 Å². The van der Waals surface area contributed by atoms with Crippen LogP contribution in [0.4, 0.5) is 19.0 Å². The number of ether oxygens (including phenoxy) is 1. The van der Waals surface area contributed by atoms with Crippen molar-refractivity contribution in [1.82, 2.24) is 9.97 Å². The molecule has 0 saturated carbocycles. The highest BCUT2D eigenvalue weighted by Crippen LogP contribution is 2.32. The number of hydrogen-bond acceptors (Lipinski definition) is 4. The number of anilines is 1. The van der Waals surface area contributed by atoms with E-state index in [1.807, 2.05) is 0 Å². The molecule has 0 unspecified atom stereocenters. The Balaban J connectivity index is 2.14. The summed E-state index contributed by atoms with van der Waals surface area (Å²) in [5, 5.41) is 2.56. The maximum absolute atomic E-state index is 12.7. The highest BCUT2D eigenvalue weighted by atomic mass is 35.5. The van der Waals surface area contributed by atoms with Crippen LogP contribution in [0.15, 0.2) is 30.5 Å². The third-order valence-electron chi connectivity index (χ3n) is 2.60. The summed E-state index contributed by atoms with van der Waals surface area (Å²) < 4.78 is 43.0. The molecule has 2 rings (SSSR count). The monoisotopic (exact) mass is 317 g/mol. The molecule has 0 bridgehead atoms. The predicted molar refractivity (Wildman–Crippen MR) is 72.4 cm³/mol. The van der Waals surface area contributed by atoms with E-state index in [-0.39, 0.29) is 17.5 Å². The summed E-state index contributed by atoms with van der Waals surface area (Å²) in [6.45, 7) is 0.267. The Hall–Kier alpha value is -2.02. The number of halogens is 4. The van der Waals surface area contributed by atoms with Gasteiger partial charge < -0.3 is 10.1 Å². The normalized spacial score (nSPS) is 11.3. The molecule has 21 heavy (non-hydrogen) atoms. The van der Waals surface area contributed by atoms with Gasteiger partial charge in [-0.15, -0.1) is 0 Å². The Bertz CT molecular complexity index is 634. The molecule has 2 heterocycles. The quantitative estimate of drug-likeness (QED) is 0.872. The molecule has 0 aliphatic rings. The molecule has 0 aliphatic heterocycles. The van der Waals surface area contributed by atoms with Gasteiger partial charge in [0.2, 0.25) is 5.88 Å². The highest BCUT2D eigenvalue weighted by Gasteiger charge is 2.31. The third kappa shape index (κ3) is 4.22. The van der Waals surface area contributed by atoms with Crippen molar-refractivity contribution in [2.45, 2.75) is 12.7 Å². The van der Waals surface area contributed by atoms with Crippen molar-refractivity contribution in [2.24, 2.45) is 0 Å². The van der Waals surface area contributed by atoms with Gasteiger partial charge in [-0.05, 0) is 23.8 Å². The number of methoxy groups -OCH3 is 1. The van der Waals surface area contributed by atoms with Gasteiger partial charge in [0, 0.05) is 18.8 Å². The fourth-order valence-electron chi connectivity index (χ4n) is 1.62. The number of nitrogens with one attached hydrogen (secondary N) is 1. The van der Waals surface area contributed by atoms with E-state index in [1.54, 1.807) is 18.3 Å². The van der Waals surface area contributed by atoms with Crippen molar-refractivity contribution in [1.29, 1.82) is 0 Å². The van der Waals surface area contributed by atoms with E-state index in [9.17, 15) is 13.2 Å². The molecular weight excluding hydrogens is 307 g/mol. The minimum Gasteiger partial charge on any atom is -0.481 e. The van der Waals surface area contributed by atoms with E-state index in [1.165, 1.54) is 7.11 Å². The van der Waals surface area contributed by atoms with Crippen LogP contribution in [-0.4, -0.2) is 17.1 Å². The zero-order valence-corrected chi connectivity index (χ0v) is 11.7. The first kappa shape index (κ1) is 15.4. The van der Waals surface area contributed by atoms with Gasteiger partial charge in [0.05, 0.1) is 12.7 Å². The summed E-state index contributed by atoms with van der Waals surface area (Å²) in [4.78, 5) is 7.75. The van der Waals surface area contributed by atoms with Crippen LogP contribution in [-0.2, 0) is 12.7 Å². The van der Waals surface area contributed by atoms with E-state index >= 15 is 0 Å². The van der Waals surface area contributed by atoms with Crippen LogP contribution in [0.3, 0.4) is 0 Å². The van der Waals surface area contributed by atoms with Crippen LogP contribution in [0.1, 0.15) is 11.1 Å². The Morgan fingerprint density at radius 1 is 1.29 bits per heavy atom. The van der Waals surface area contributed by atoms with Crippen LogP contribution in [0, 0.1) is 0 Å².